The molecule has 0 saturated heterocycles. The predicted molar refractivity (Wildman–Crippen MR) is 78.8 cm³/mol. The van der Waals surface area contributed by atoms with Crippen molar-refractivity contribution in [1.29, 1.82) is 0 Å². The van der Waals surface area contributed by atoms with Gasteiger partial charge in [0.1, 0.15) is 0 Å². The highest BCUT2D eigenvalue weighted by Gasteiger charge is 2.14. The normalized spacial score (nSPS) is 12.6. The number of nitrogens with one attached hydrogen (secondary N) is 1. The topological polar surface area (TPSA) is 105 Å². The molecule has 1 aromatic carbocycles. The van der Waals surface area contributed by atoms with Crippen molar-refractivity contribution in [3.05, 3.63) is 29.8 Å². The lowest BCUT2D eigenvalue weighted by Gasteiger charge is -2.06. The van der Waals surface area contributed by atoms with E-state index >= 15 is 0 Å². The monoisotopic (exact) mass is 299 g/mol. The summed E-state index contributed by atoms with van der Waals surface area (Å²) in [7, 11) is -3.30. The van der Waals surface area contributed by atoms with Crippen molar-refractivity contribution in [2.45, 2.75) is 24.7 Å². The van der Waals surface area contributed by atoms with Crippen LogP contribution in [0.3, 0.4) is 0 Å². The molecule has 0 atom stereocenters. The van der Waals surface area contributed by atoms with Gasteiger partial charge in [-0.05, 0) is 37.2 Å². The highest BCUT2D eigenvalue weighted by molar-refractivity contribution is 7.91. The van der Waals surface area contributed by atoms with Crippen LogP contribution in [0.5, 0.6) is 0 Å². The van der Waals surface area contributed by atoms with Gasteiger partial charge in [0.2, 0.25) is 0 Å². The van der Waals surface area contributed by atoms with E-state index in [1.54, 1.807) is 0 Å². The first-order valence-electron chi connectivity index (χ1n) is 6.52. The Morgan fingerprint density at radius 2 is 1.95 bits per heavy atom. The van der Waals surface area contributed by atoms with Gasteiger partial charge in [-0.25, -0.2) is 8.42 Å². The molecule has 0 aromatic heterocycles. The Kier molecular flexibility index (Phi) is 6.47. The number of unbranched alkanes of at least 4 members (excludes halogenated alkanes) is 1. The van der Waals surface area contributed by atoms with Crippen molar-refractivity contribution in [1.82, 2.24) is 5.32 Å². The number of oxime groups is 1. The lowest BCUT2D eigenvalue weighted by Crippen LogP contribution is -2.24. The summed E-state index contributed by atoms with van der Waals surface area (Å²) in [6.45, 7) is 3.35. The molecule has 0 heterocycles. The summed E-state index contributed by atoms with van der Waals surface area (Å²) in [6, 6.07) is 5.97. The SMILES string of the molecule is CCCCNCCS(=O)(=O)c1ccc(/C(N)=N/O)cc1. The van der Waals surface area contributed by atoms with Gasteiger partial charge in [-0.2, -0.15) is 0 Å². The number of amidine groups is 1. The fraction of sp³-hybridized carbons (Fsp3) is 0.462. The van der Waals surface area contributed by atoms with E-state index in [0.717, 1.165) is 19.4 Å². The average Bonchev–Trinajstić information content (AvgIpc) is 2.46. The average molecular weight is 299 g/mol. The minimum absolute atomic E-state index is 0.0461. The lowest BCUT2D eigenvalue weighted by atomic mass is 10.2. The van der Waals surface area contributed by atoms with Crippen LogP contribution in [0.4, 0.5) is 0 Å². The number of rotatable bonds is 8. The third-order valence-corrected chi connectivity index (χ3v) is 4.60. The van der Waals surface area contributed by atoms with E-state index in [1.807, 2.05) is 0 Å². The van der Waals surface area contributed by atoms with E-state index in [2.05, 4.69) is 17.4 Å². The predicted octanol–water partition coefficient (Wildman–Crippen LogP) is 0.945. The molecule has 0 aliphatic heterocycles. The molecule has 1 aromatic rings. The maximum atomic E-state index is 12.1. The van der Waals surface area contributed by atoms with Crippen molar-refractivity contribution >= 4 is 15.7 Å². The van der Waals surface area contributed by atoms with Crippen LogP contribution in [0.15, 0.2) is 34.3 Å². The maximum Gasteiger partial charge on any atom is 0.179 e. The first-order chi connectivity index (χ1) is 9.51. The molecule has 0 saturated carbocycles. The van der Waals surface area contributed by atoms with Gasteiger partial charge >= 0.3 is 0 Å². The number of hydrogen-bond donors (Lipinski definition) is 3. The van der Waals surface area contributed by atoms with Gasteiger partial charge in [0.05, 0.1) is 10.6 Å². The second-order valence-corrected chi connectivity index (χ2v) is 6.54. The summed E-state index contributed by atoms with van der Waals surface area (Å²) in [6.07, 6.45) is 2.11. The molecular weight excluding hydrogens is 278 g/mol. The molecule has 7 heteroatoms. The first kappa shape index (κ1) is 16.5. The van der Waals surface area contributed by atoms with Gasteiger partial charge in [0.15, 0.2) is 15.7 Å². The van der Waals surface area contributed by atoms with E-state index in [-0.39, 0.29) is 16.5 Å². The van der Waals surface area contributed by atoms with Gasteiger partial charge in [0.25, 0.3) is 0 Å². The zero-order valence-corrected chi connectivity index (χ0v) is 12.4. The van der Waals surface area contributed by atoms with Gasteiger partial charge in [-0.1, -0.05) is 18.5 Å². The molecule has 0 radical (unpaired) electrons. The third-order valence-electron chi connectivity index (χ3n) is 2.87. The smallest absolute Gasteiger partial charge is 0.179 e. The number of hydrogen-bond acceptors (Lipinski definition) is 5. The molecule has 0 aliphatic rings. The minimum Gasteiger partial charge on any atom is -0.409 e. The molecule has 6 nitrogen and oxygen atoms in total. The summed E-state index contributed by atoms with van der Waals surface area (Å²) in [5.74, 6) is 0.00906. The van der Waals surface area contributed by atoms with E-state index in [4.69, 9.17) is 10.9 Å². The van der Waals surface area contributed by atoms with E-state index < -0.39 is 9.84 Å². The van der Waals surface area contributed by atoms with Crippen LogP contribution < -0.4 is 11.1 Å². The second kappa shape index (κ2) is 7.86. The van der Waals surface area contributed by atoms with Crippen molar-refractivity contribution < 1.29 is 13.6 Å². The van der Waals surface area contributed by atoms with Crippen molar-refractivity contribution in [3.63, 3.8) is 0 Å². The molecule has 112 valence electrons. The summed E-state index contributed by atoms with van der Waals surface area (Å²) >= 11 is 0. The quantitative estimate of drug-likeness (QED) is 0.218. The Balaban J connectivity index is 2.64. The zero-order valence-electron chi connectivity index (χ0n) is 11.5. The summed E-state index contributed by atoms with van der Waals surface area (Å²) < 4.78 is 24.1. The van der Waals surface area contributed by atoms with Gasteiger partial charge in [-0.15, -0.1) is 0 Å². The van der Waals surface area contributed by atoms with E-state index in [1.165, 1.54) is 24.3 Å². The standard InChI is InChI=1S/C13H21N3O3S/c1-2-3-8-15-9-10-20(18,19)12-6-4-11(5-7-12)13(14)16-17/h4-7,15,17H,2-3,8-10H2,1H3,(H2,14,16). The van der Waals surface area contributed by atoms with Crippen LogP contribution in [-0.4, -0.2) is 38.3 Å². The van der Waals surface area contributed by atoms with E-state index in [0.29, 0.717) is 12.1 Å². The second-order valence-electron chi connectivity index (χ2n) is 4.43. The number of benzene rings is 1. The number of nitrogens with two attached hydrogens (primary N) is 1. The zero-order chi connectivity index (χ0) is 15.0. The summed E-state index contributed by atoms with van der Waals surface area (Å²) in [5, 5.41) is 14.5. The minimum atomic E-state index is -3.30. The molecule has 0 bridgehead atoms. The van der Waals surface area contributed by atoms with Crippen molar-refractivity contribution in [2.24, 2.45) is 10.9 Å². The Bertz CT molecular complexity index is 538. The fourth-order valence-corrected chi connectivity index (χ4v) is 2.84. The maximum absolute atomic E-state index is 12.1. The van der Waals surface area contributed by atoms with Crippen molar-refractivity contribution in [2.75, 3.05) is 18.8 Å². The van der Waals surface area contributed by atoms with Gasteiger partial charge in [-0.3, -0.25) is 0 Å². The van der Waals surface area contributed by atoms with Gasteiger partial charge in [0, 0.05) is 12.1 Å². The first-order valence-corrected chi connectivity index (χ1v) is 8.18. The summed E-state index contributed by atoms with van der Waals surface area (Å²) in [4.78, 5) is 0.240. The Morgan fingerprint density at radius 3 is 2.50 bits per heavy atom. The summed E-state index contributed by atoms with van der Waals surface area (Å²) in [5.41, 5.74) is 5.90. The highest BCUT2D eigenvalue weighted by Crippen LogP contribution is 2.12. The third kappa shape index (κ3) is 4.82. The molecule has 1 rings (SSSR count). The van der Waals surface area contributed by atoms with Crippen LogP contribution in [0.1, 0.15) is 25.3 Å². The highest BCUT2D eigenvalue weighted by atomic mass is 32.2. The fourth-order valence-electron chi connectivity index (χ4n) is 1.64. The lowest BCUT2D eigenvalue weighted by molar-refractivity contribution is 0.318. The molecule has 20 heavy (non-hydrogen) atoms. The van der Waals surface area contributed by atoms with Crippen LogP contribution in [0, 0.1) is 0 Å². The van der Waals surface area contributed by atoms with Crippen LogP contribution >= 0.6 is 0 Å². The van der Waals surface area contributed by atoms with Crippen molar-refractivity contribution in [3.8, 4) is 0 Å². The van der Waals surface area contributed by atoms with E-state index in [9.17, 15) is 8.42 Å². The Hall–Kier alpha value is -1.60. The molecule has 0 spiro atoms. The van der Waals surface area contributed by atoms with Crippen LogP contribution in [-0.2, 0) is 9.84 Å². The number of sulfone groups is 1. The molecule has 4 N–H and O–H groups in total. The molecule has 0 fully saturated rings. The number of nitrogens with zero attached hydrogens (tertiary/aromatic N) is 1. The Labute approximate surface area is 119 Å². The molecule has 0 aliphatic carbocycles. The van der Waals surface area contributed by atoms with Crippen LogP contribution in [0.25, 0.3) is 0 Å². The Morgan fingerprint density at radius 1 is 1.30 bits per heavy atom. The van der Waals surface area contributed by atoms with Crippen LogP contribution in [0.2, 0.25) is 0 Å². The molecule has 0 amide bonds. The molecule has 0 unspecified atom stereocenters. The largest absolute Gasteiger partial charge is 0.409 e. The molecular formula is C13H21N3O3S. The van der Waals surface area contributed by atoms with Gasteiger partial charge < -0.3 is 16.3 Å².